The summed E-state index contributed by atoms with van der Waals surface area (Å²) in [6, 6.07) is 3.93. The van der Waals surface area contributed by atoms with E-state index in [0.29, 0.717) is 55.2 Å². The molecular formula is C17H24N4O4S. The van der Waals surface area contributed by atoms with Gasteiger partial charge in [-0.05, 0) is 44.0 Å². The SMILES string of the molecule is CCOc1cc(C)c(S(=O)(=O)N2CCN(c3nnc(C)o3)CC2)cc1C. The van der Waals surface area contributed by atoms with Crippen molar-refractivity contribution in [3.63, 3.8) is 0 Å². The number of rotatable bonds is 5. The number of aromatic nitrogens is 2. The van der Waals surface area contributed by atoms with Gasteiger partial charge in [-0.15, -0.1) is 5.10 Å². The second-order valence-corrected chi connectivity index (χ2v) is 8.22. The van der Waals surface area contributed by atoms with Gasteiger partial charge in [0.2, 0.25) is 15.9 Å². The summed E-state index contributed by atoms with van der Waals surface area (Å²) >= 11 is 0. The van der Waals surface area contributed by atoms with Crippen molar-refractivity contribution in [3.8, 4) is 5.75 Å². The Bertz CT molecular complexity index is 886. The minimum Gasteiger partial charge on any atom is -0.494 e. The van der Waals surface area contributed by atoms with Crippen LogP contribution in [0.25, 0.3) is 0 Å². The maximum Gasteiger partial charge on any atom is 0.318 e. The molecule has 142 valence electrons. The van der Waals surface area contributed by atoms with Crippen LogP contribution in [0.4, 0.5) is 6.01 Å². The molecule has 26 heavy (non-hydrogen) atoms. The van der Waals surface area contributed by atoms with Crippen LogP contribution >= 0.6 is 0 Å². The topological polar surface area (TPSA) is 88.8 Å². The lowest BCUT2D eigenvalue weighted by Gasteiger charge is -2.33. The summed E-state index contributed by atoms with van der Waals surface area (Å²) in [6.07, 6.45) is 0. The molecule has 0 atom stereocenters. The lowest BCUT2D eigenvalue weighted by Crippen LogP contribution is -2.48. The summed E-state index contributed by atoms with van der Waals surface area (Å²) in [5.74, 6) is 1.22. The van der Waals surface area contributed by atoms with E-state index in [-0.39, 0.29) is 0 Å². The van der Waals surface area contributed by atoms with E-state index in [1.807, 2.05) is 18.7 Å². The molecule has 1 aliphatic rings. The first-order chi connectivity index (χ1) is 12.3. The van der Waals surface area contributed by atoms with Crippen molar-refractivity contribution in [1.29, 1.82) is 0 Å². The summed E-state index contributed by atoms with van der Waals surface area (Å²) < 4.78 is 38.7. The normalized spacial score (nSPS) is 16.1. The molecule has 0 N–H and O–H groups in total. The second kappa shape index (κ2) is 7.24. The van der Waals surface area contributed by atoms with E-state index in [4.69, 9.17) is 9.15 Å². The van der Waals surface area contributed by atoms with Gasteiger partial charge in [-0.2, -0.15) is 4.31 Å². The Morgan fingerprint density at radius 1 is 1.08 bits per heavy atom. The van der Waals surface area contributed by atoms with Crippen LogP contribution in [-0.2, 0) is 10.0 Å². The predicted octanol–water partition coefficient (Wildman–Crippen LogP) is 1.90. The van der Waals surface area contributed by atoms with Crippen LogP contribution < -0.4 is 9.64 Å². The average Bonchev–Trinajstić information content (AvgIpc) is 3.04. The van der Waals surface area contributed by atoms with Gasteiger partial charge in [-0.1, -0.05) is 5.10 Å². The van der Waals surface area contributed by atoms with Gasteiger partial charge >= 0.3 is 6.01 Å². The molecule has 1 aromatic carbocycles. The number of ether oxygens (including phenoxy) is 1. The molecule has 3 rings (SSSR count). The molecule has 1 aromatic heterocycles. The molecule has 0 radical (unpaired) electrons. The molecule has 0 unspecified atom stereocenters. The predicted molar refractivity (Wildman–Crippen MR) is 97.1 cm³/mol. The number of piperazine rings is 1. The van der Waals surface area contributed by atoms with Crippen molar-refractivity contribution < 1.29 is 17.6 Å². The number of hydrogen-bond acceptors (Lipinski definition) is 7. The van der Waals surface area contributed by atoms with Crippen LogP contribution in [0.1, 0.15) is 23.9 Å². The first kappa shape index (κ1) is 18.7. The Balaban J connectivity index is 1.78. The van der Waals surface area contributed by atoms with E-state index in [0.717, 1.165) is 11.3 Å². The van der Waals surface area contributed by atoms with Crippen LogP contribution in [0, 0.1) is 20.8 Å². The molecular weight excluding hydrogens is 356 g/mol. The molecule has 2 aromatic rings. The van der Waals surface area contributed by atoms with Gasteiger partial charge in [0.25, 0.3) is 0 Å². The standard InChI is InChI=1S/C17H24N4O4S/c1-5-24-15-10-13(3)16(11-12(15)2)26(22,23)21-8-6-20(7-9-21)17-19-18-14(4)25-17/h10-11H,5-9H2,1-4H3. The lowest BCUT2D eigenvalue weighted by molar-refractivity contribution is 0.337. The van der Waals surface area contributed by atoms with Gasteiger partial charge in [0.05, 0.1) is 11.5 Å². The van der Waals surface area contributed by atoms with E-state index in [9.17, 15) is 8.42 Å². The summed E-state index contributed by atoms with van der Waals surface area (Å²) in [6.45, 7) is 9.60. The zero-order valence-corrected chi connectivity index (χ0v) is 16.3. The number of anilines is 1. The van der Waals surface area contributed by atoms with Gasteiger partial charge in [-0.25, -0.2) is 8.42 Å². The third-order valence-corrected chi connectivity index (χ3v) is 6.46. The third-order valence-electron chi connectivity index (χ3n) is 4.41. The molecule has 9 heteroatoms. The summed E-state index contributed by atoms with van der Waals surface area (Å²) in [5, 5.41) is 7.81. The molecule has 1 fully saturated rings. The smallest absolute Gasteiger partial charge is 0.318 e. The first-order valence-corrected chi connectivity index (χ1v) is 10.1. The van der Waals surface area contributed by atoms with Gasteiger partial charge < -0.3 is 14.1 Å². The maximum absolute atomic E-state index is 13.1. The zero-order valence-electron chi connectivity index (χ0n) is 15.5. The molecule has 0 aliphatic carbocycles. The quantitative estimate of drug-likeness (QED) is 0.783. The highest BCUT2D eigenvalue weighted by Crippen LogP contribution is 2.29. The summed E-state index contributed by atoms with van der Waals surface area (Å²) in [4.78, 5) is 2.24. The second-order valence-electron chi connectivity index (χ2n) is 6.31. The fraction of sp³-hybridized carbons (Fsp3) is 0.529. The molecule has 8 nitrogen and oxygen atoms in total. The first-order valence-electron chi connectivity index (χ1n) is 8.62. The minimum atomic E-state index is -3.56. The molecule has 0 bridgehead atoms. The zero-order chi connectivity index (χ0) is 18.9. The molecule has 0 saturated carbocycles. The Kier molecular flexibility index (Phi) is 5.19. The average molecular weight is 380 g/mol. The lowest BCUT2D eigenvalue weighted by atomic mass is 10.1. The highest BCUT2D eigenvalue weighted by molar-refractivity contribution is 7.89. The van der Waals surface area contributed by atoms with Crippen molar-refractivity contribution in [2.24, 2.45) is 0 Å². The third kappa shape index (κ3) is 3.54. The highest BCUT2D eigenvalue weighted by Gasteiger charge is 2.31. The highest BCUT2D eigenvalue weighted by atomic mass is 32.2. The monoisotopic (exact) mass is 380 g/mol. The molecule has 1 aliphatic heterocycles. The summed E-state index contributed by atoms with van der Waals surface area (Å²) in [7, 11) is -3.56. The van der Waals surface area contributed by atoms with Gasteiger partial charge in [0.15, 0.2) is 0 Å². The van der Waals surface area contributed by atoms with Crippen LogP contribution in [-0.4, -0.2) is 55.7 Å². The van der Waals surface area contributed by atoms with Crippen LogP contribution in [0.3, 0.4) is 0 Å². The van der Waals surface area contributed by atoms with Crippen LogP contribution in [0.5, 0.6) is 5.75 Å². The number of sulfonamides is 1. The van der Waals surface area contributed by atoms with Gasteiger partial charge in [0, 0.05) is 33.1 Å². The number of aryl methyl sites for hydroxylation is 3. The Morgan fingerprint density at radius 3 is 2.35 bits per heavy atom. The van der Waals surface area contributed by atoms with Crippen LogP contribution in [0.15, 0.2) is 21.4 Å². The maximum atomic E-state index is 13.1. The minimum absolute atomic E-state index is 0.334. The Labute approximate surface area is 153 Å². The Hall–Kier alpha value is -2.13. The number of benzene rings is 1. The number of nitrogens with zero attached hydrogens (tertiary/aromatic N) is 4. The van der Waals surface area contributed by atoms with Gasteiger partial charge in [-0.3, -0.25) is 0 Å². The molecule has 0 amide bonds. The Morgan fingerprint density at radius 2 is 1.77 bits per heavy atom. The van der Waals surface area contributed by atoms with Crippen molar-refractivity contribution in [2.75, 3.05) is 37.7 Å². The number of hydrogen-bond donors (Lipinski definition) is 0. The fourth-order valence-electron chi connectivity index (χ4n) is 3.02. The van der Waals surface area contributed by atoms with E-state index in [1.165, 1.54) is 4.31 Å². The molecule has 0 spiro atoms. The van der Waals surface area contributed by atoms with E-state index in [2.05, 4.69) is 10.2 Å². The van der Waals surface area contributed by atoms with E-state index in [1.54, 1.807) is 26.0 Å². The summed E-state index contributed by atoms with van der Waals surface area (Å²) in [5.41, 5.74) is 1.50. The van der Waals surface area contributed by atoms with Gasteiger partial charge in [0.1, 0.15) is 5.75 Å². The largest absolute Gasteiger partial charge is 0.494 e. The van der Waals surface area contributed by atoms with E-state index < -0.39 is 10.0 Å². The fourth-order valence-corrected chi connectivity index (χ4v) is 4.74. The van der Waals surface area contributed by atoms with E-state index >= 15 is 0 Å². The molecule has 1 saturated heterocycles. The van der Waals surface area contributed by atoms with Crippen molar-refractivity contribution >= 4 is 16.0 Å². The molecule has 2 heterocycles. The van der Waals surface area contributed by atoms with Crippen molar-refractivity contribution in [3.05, 3.63) is 29.2 Å². The van der Waals surface area contributed by atoms with Crippen molar-refractivity contribution in [1.82, 2.24) is 14.5 Å². The van der Waals surface area contributed by atoms with Crippen LogP contribution in [0.2, 0.25) is 0 Å². The van der Waals surface area contributed by atoms with Crippen molar-refractivity contribution in [2.45, 2.75) is 32.6 Å².